The molecule has 5 heteroatoms. The Bertz CT molecular complexity index is 725. The van der Waals surface area contributed by atoms with Crippen LogP contribution in [-0.2, 0) is 0 Å². The summed E-state index contributed by atoms with van der Waals surface area (Å²) in [6.07, 6.45) is 1.89. The topological polar surface area (TPSA) is 78.6 Å². The number of amides is 2. The van der Waals surface area contributed by atoms with Gasteiger partial charge in [-0.05, 0) is 35.9 Å². The third-order valence-corrected chi connectivity index (χ3v) is 3.33. The molecule has 0 saturated heterocycles. The molecule has 3 rings (SSSR count). The minimum Gasteiger partial charge on any atom is -0.506 e. The SMILES string of the molecule is Nc1cccc(C2=CCN(c3ccccc3O)C(=O)N2)c1. The maximum atomic E-state index is 12.2. The van der Waals surface area contributed by atoms with Crippen molar-refractivity contribution in [3.63, 3.8) is 0 Å². The molecule has 0 atom stereocenters. The zero-order chi connectivity index (χ0) is 14.8. The van der Waals surface area contributed by atoms with E-state index in [-0.39, 0.29) is 11.8 Å². The first-order chi connectivity index (χ1) is 10.1. The number of phenolic OH excluding ortho intramolecular Hbond substituents is 1. The Labute approximate surface area is 122 Å². The van der Waals surface area contributed by atoms with Gasteiger partial charge in [-0.15, -0.1) is 0 Å². The summed E-state index contributed by atoms with van der Waals surface area (Å²) in [7, 11) is 0. The van der Waals surface area contributed by atoms with E-state index in [0.29, 0.717) is 17.9 Å². The van der Waals surface area contributed by atoms with Gasteiger partial charge < -0.3 is 16.2 Å². The third kappa shape index (κ3) is 2.53. The van der Waals surface area contributed by atoms with Crippen LogP contribution in [0.4, 0.5) is 16.2 Å². The maximum absolute atomic E-state index is 12.2. The predicted octanol–water partition coefficient (Wildman–Crippen LogP) is 2.55. The number of urea groups is 1. The molecule has 21 heavy (non-hydrogen) atoms. The lowest BCUT2D eigenvalue weighted by Gasteiger charge is -2.27. The van der Waals surface area contributed by atoms with Crippen LogP contribution in [0.5, 0.6) is 5.75 Å². The second kappa shape index (κ2) is 5.20. The maximum Gasteiger partial charge on any atom is 0.326 e. The number of aromatic hydroxyl groups is 1. The van der Waals surface area contributed by atoms with Crippen LogP contribution in [0.15, 0.2) is 54.6 Å². The number of anilines is 2. The van der Waals surface area contributed by atoms with Gasteiger partial charge in [-0.3, -0.25) is 4.90 Å². The summed E-state index contributed by atoms with van der Waals surface area (Å²) in [6, 6.07) is 13.8. The highest BCUT2D eigenvalue weighted by molar-refractivity contribution is 6.00. The van der Waals surface area contributed by atoms with Gasteiger partial charge >= 0.3 is 6.03 Å². The first-order valence-corrected chi connectivity index (χ1v) is 6.58. The van der Waals surface area contributed by atoms with Crippen molar-refractivity contribution in [1.29, 1.82) is 0 Å². The summed E-state index contributed by atoms with van der Waals surface area (Å²) in [6.45, 7) is 0.382. The highest BCUT2D eigenvalue weighted by atomic mass is 16.3. The van der Waals surface area contributed by atoms with Crippen molar-refractivity contribution in [2.75, 3.05) is 17.2 Å². The van der Waals surface area contributed by atoms with Crippen LogP contribution < -0.4 is 16.0 Å². The number of hydrogen-bond acceptors (Lipinski definition) is 3. The van der Waals surface area contributed by atoms with Crippen molar-refractivity contribution < 1.29 is 9.90 Å². The normalized spacial score (nSPS) is 14.6. The van der Waals surface area contributed by atoms with Crippen LogP contribution in [0.3, 0.4) is 0 Å². The standard InChI is InChI=1S/C16H15N3O2/c17-12-5-3-4-11(10-12)13-8-9-19(16(21)18-13)14-6-1-2-7-15(14)20/h1-8,10,20H,9,17H2,(H,18,21). The second-order valence-electron chi connectivity index (χ2n) is 4.77. The van der Waals surface area contributed by atoms with Crippen molar-refractivity contribution in [3.8, 4) is 5.75 Å². The molecule has 0 unspecified atom stereocenters. The summed E-state index contributed by atoms with van der Waals surface area (Å²) in [5.41, 5.74) is 8.47. The van der Waals surface area contributed by atoms with Gasteiger partial charge in [0.15, 0.2) is 0 Å². The quantitative estimate of drug-likeness (QED) is 0.740. The largest absolute Gasteiger partial charge is 0.506 e. The summed E-state index contributed by atoms with van der Waals surface area (Å²) < 4.78 is 0. The highest BCUT2D eigenvalue weighted by Gasteiger charge is 2.23. The fourth-order valence-corrected chi connectivity index (χ4v) is 2.30. The molecule has 0 saturated carbocycles. The minimum absolute atomic E-state index is 0.0773. The van der Waals surface area contributed by atoms with E-state index < -0.39 is 0 Å². The van der Waals surface area contributed by atoms with Gasteiger partial charge in [0, 0.05) is 17.9 Å². The Morgan fingerprint density at radius 2 is 1.95 bits per heavy atom. The molecule has 5 nitrogen and oxygen atoms in total. The Balaban J connectivity index is 1.89. The molecule has 2 aromatic rings. The minimum atomic E-state index is -0.281. The Hall–Kier alpha value is -2.95. The lowest BCUT2D eigenvalue weighted by molar-refractivity contribution is 0.249. The van der Waals surface area contributed by atoms with E-state index in [9.17, 15) is 9.90 Å². The molecule has 1 heterocycles. The molecule has 2 amide bonds. The monoisotopic (exact) mass is 281 g/mol. The summed E-state index contributed by atoms with van der Waals surface area (Å²) in [5, 5.41) is 12.7. The third-order valence-electron chi connectivity index (χ3n) is 3.33. The molecule has 4 N–H and O–H groups in total. The van der Waals surface area contributed by atoms with Gasteiger partial charge in [-0.25, -0.2) is 4.79 Å². The molecule has 0 spiro atoms. The number of nitrogens with two attached hydrogens (primary N) is 1. The van der Waals surface area contributed by atoms with Gasteiger partial charge in [-0.1, -0.05) is 24.3 Å². The zero-order valence-electron chi connectivity index (χ0n) is 11.3. The molecular formula is C16H15N3O2. The molecule has 0 radical (unpaired) electrons. The molecular weight excluding hydrogens is 266 g/mol. The summed E-state index contributed by atoms with van der Waals surface area (Å²) in [4.78, 5) is 13.7. The number of carbonyl (C=O) groups excluding carboxylic acids is 1. The molecule has 0 aliphatic carbocycles. The number of phenols is 1. The van der Waals surface area contributed by atoms with Crippen LogP contribution in [0.1, 0.15) is 5.56 Å². The number of nitrogen functional groups attached to an aromatic ring is 1. The Kier molecular flexibility index (Phi) is 3.23. The Morgan fingerprint density at radius 3 is 2.67 bits per heavy atom. The van der Waals surface area contributed by atoms with Crippen LogP contribution >= 0.6 is 0 Å². The molecule has 0 bridgehead atoms. The van der Waals surface area contributed by atoms with Crippen LogP contribution in [0.2, 0.25) is 0 Å². The van der Waals surface area contributed by atoms with Crippen molar-refractivity contribution in [2.24, 2.45) is 0 Å². The number of nitrogens with zero attached hydrogens (tertiary/aromatic N) is 1. The van der Waals surface area contributed by atoms with E-state index in [1.807, 2.05) is 24.3 Å². The number of hydrogen-bond donors (Lipinski definition) is 3. The fraction of sp³-hybridized carbons (Fsp3) is 0.0625. The molecule has 106 valence electrons. The number of rotatable bonds is 2. The van der Waals surface area contributed by atoms with Crippen molar-refractivity contribution >= 4 is 23.1 Å². The smallest absolute Gasteiger partial charge is 0.326 e. The van der Waals surface area contributed by atoms with Gasteiger partial charge in [0.1, 0.15) is 5.75 Å². The lowest BCUT2D eigenvalue weighted by atomic mass is 10.1. The lowest BCUT2D eigenvalue weighted by Crippen LogP contribution is -2.43. The number of carbonyl (C=O) groups is 1. The number of benzene rings is 2. The summed E-state index contributed by atoms with van der Waals surface area (Å²) in [5.74, 6) is 0.0773. The van der Waals surface area contributed by atoms with E-state index in [1.54, 1.807) is 30.3 Å². The second-order valence-corrected chi connectivity index (χ2v) is 4.77. The van der Waals surface area contributed by atoms with Gasteiger partial charge in [-0.2, -0.15) is 0 Å². The van der Waals surface area contributed by atoms with E-state index >= 15 is 0 Å². The van der Waals surface area contributed by atoms with Crippen molar-refractivity contribution in [1.82, 2.24) is 5.32 Å². The highest BCUT2D eigenvalue weighted by Crippen LogP contribution is 2.28. The molecule has 0 aromatic heterocycles. The molecule has 2 aromatic carbocycles. The van der Waals surface area contributed by atoms with E-state index in [2.05, 4.69) is 5.32 Å². The number of para-hydroxylation sites is 2. The fourth-order valence-electron chi connectivity index (χ4n) is 2.30. The Morgan fingerprint density at radius 1 is 1.14 bits per heavy atom. The number of nitrogens with one attached hydrogen (secondary N) is 1. The van der Waals surface area contributed by atoms with Gasteiger partial charge in [0.25, 0.3) is 0 Å². The van der Waals surface area contributed by atoms with Crippen LogP contribution in [-0.4, -0.2) is 17.7 Å². The first-order valence-electron chi connectivity index (χ1n) is 6.58. The van der Waals surface area contributed by atoms with Crippen molar-refractivity contribution in [2.45, 2.75) is 0 Å². The zero-order valence-corrected chi connectivity index (χ0v) is 11.3. The van der Waals surface area contributed by atoms with E-state index in [0.717, 1.165) is 11.3 Å². The molecule has 1 aliphatic rings. The van der Waals surface area contributed by atoms with Crippen LogP contribution in [0, 0.1) is 0 Å². The van der Waals surface area contributed by atoms with Crippen molar-refractivity contribution in [3.05, 3.63) is 60.2 Å². The van der Waals surface area contributed by atoms with E-state index in [4.69, 9.17) is 5.73 Å². The molecule has 0 fully saturated rings. The van der Waals surface area contributed by atoms with Gasteiger partial charge in [0.05, 0.1) is 5.69 Å². The molecule has 1 aliphatic heterocycles. The summed E-state index contributed by atoms with van der Waals surface area (Å²) >= 11 is 0. The predicted molar refractivity (Wildman–Crippen MR) is 82.8 cm³/mol. The van der Waals surface area contributed by atoms with Crippen LogP contribution in [0.25, 0.3) is 5.70 Å². The average Bonchev–Trinajstić information content (AvgIpc) is 2.48. The van der Waals surface area contributed by atoms with Gasteiger partial charge in [0.2, 0.25) is 0 Å². The van der Waals surface area contributed by atoms with E-state index in [1.165, 1.54) is 4.90 Å². The average molecular weight is 281 g/mol. The first kappa shape index (κ1) is 13.1.